The third kappa shape index (κ3) is 3.45. The predicted molar refractivity (Wildman–Crippen MR) is 104 cm³/mol. The number of nitrogens with zero attached hydrogens (tertiary/aromatic N) is 2. The van der Waals surface area contributed by atoms with E-state index in [1.54, 1.807) is 49.4 Å². The van der Waals surface area contributed by atoms with Crippen LogP contribution in [0.5, 0.6) is 5.88 Å². The van der Waals surface area contributed by atoms with E-state index >= 15 is 0 Å². The highest BCUT2D eigenvalue weighted by molar-refractivity contribution is 7.91. The van der Waals surface area contributed by atoms with Gasteiger partial charge in [-0.25, -0.2) is 13.2 Å². The van der Waals surface area contributed by atoms with Gasteiger partial charge in [0.15, 0.2) is 4.90 Å². The summed E-state index contributed by atoms with van der Waals surface area (Å²) in [6, 6.07) is 19.7. The molecule has 0 unspecified atom stereocenters. The van der Waals surface area contributed by atoms with Gasteiger partial charge in [0.05, 0.1) is 22.5 Å². The van der Waals surface area contributed by atoms with E-state index in [9.17, 15) is 13.2 Å². The number of hydrogen-bond acceptors (Lipinski definition) is 6. The van der Waals surface area contributed by atoms with Crippen LogP contribution in [0.25, 0.3) is 5.69 Å². The number of hydrogen-bond donors (Lipinski definition) is 0. The van der Waals surface area contributed by atoms with Gasteiger partial charge in [-0.15, -0.1) is 0 Å². The first-order valence-electron chi connectivity index (χ1n) is 8.69. The SMILES string of the molecule is Cc1nn(-c2ccccc2)c(OC(=O)c2ccco2)c1S(=O)(=O)c1ccccc1. The van der Waals surface area contributed by atoms with Crippen LogP contribution in [0, 0.1) is 6.92 Å². The van der Waals surface area contributed by atoms with Gasteiger partial charge in [-0.2, -0.15) is 9.78 Å². The van der Waals surface area contributed by atoms with Gasteiger partial charge in [0, 0.05) is 0 Å². The first kappa shape index (κ1) is 18.7. The van der Waals surface area contributed by atoms with E-state index in [4.69, 9.17) is 9.15 Å². The molecular weight excluding hydrogens is 392 g/mol. The quantitative estimate of drug-likeness (QED) is 0.466. The number of furan rings is 1. The van der Waals surface area contributed by atoms with Crippen LogP contribution in [0.3, 0.4) is 0 Å². The molecule has 4 rings (SSSR count). The number of sulfone groups is 1. The van der Waals surface area contributed by atoms with Gasteiger partial charge in [0.2, 0.25) is 21.5 Å². The van der Waals surface area contributed by atoms with Crippen molar-refractivity contribution in [3.8, 4) is 11.6 Å². The molecule has 2 heterocycles. The minimum Gasteiger partial charge on any atom is -0.457 e. The van der Waals surface area contributed by atoms with Crippen molar-refractivity contribution in [2.24, 2.45) is 0 Å². The fraction of sp³-hybridized carbons (Fsp3) is 0.0476. The van der Waals surface area contributed by atoms with E-state index in [2.05, 4.69) is 5.10 Å². The molecule has 0 saturated heterocycles. The summed E-state index contributed by atoms with van der Waals surface area (Å²) in [5.74, 6) is -1.07. The Bertz CT molecular complexity index is 1250. The fourth-order valence-corrected chi connectivity index (χ4v) is 4.42. The second-order valence-electron chi connectivity index (χ2n) is 6.15. The molecule has 0 atom stereocenters. The maximum absolute atomic E-state index is 13.3. The molecule has 2 aromatic carbocycles. The Hall–Kier alpha value is -3.65. The summed E-state index contributed by atoms with van der Waals surface area (Å²) in [6.45, 7) is 1.56. The lowest BCUT2D eigenvalue weighted by Crippen LogP contribution is -2.14. The van der Waals surface area contributed by atoms with E-state index < -0.39 is 15.8 Å². The number of esters is 1. The van der Waals surface area contributed by atoms with Gasteiger partial charge in [-0.05, 0) is 43.3 Å². The number of ether oxygens (including phenoxy) is 1. The van der Waals surface area contributed by atoms with Gasteiger partial charge >= 0.3 is 5.97 Å². The lowest BCUT2D eigenvalue weighted by atomic mass is 10.3. The number of carbonyl (C=O) groups is 1. The molecule has 8 heteroatoms. The van der Waals surface area contributed by atoms with Gasteiger partial charge in [-0.1, -0.05) is 36.4 Å². The van der Waals surface area contributed by atoms with Crippen molar-refractivity contribution in [1.29, 1.82) is 0 Å². The molecule has 146 valence electrons. The molecule has 0 radical (unpaired) electrons. The van der Waals surface area contributed by atoms with E-state index in [0.29, 0.717) is 5.69 Å². The van der Waals surface area contributed by atoms with Crippen LogP contribution in [0.2, 0.25) is 0 Å². The van der Waals surface area contributed by atoms with Crippen molar-refractivity contribution in [3.63, 3.8) is 0 Å². The zero-order valence-electron chi connectivity index (χ0n) is 15.3. The topological polar surface area (TPSA) is 91.4 Å². The van der Waals surface area contributed by atoms with Crippen LogP contribution in [-0.2, 0) is 9.84 Å². The second-order valence-corrected chi connectivity index (χ2v) is 8.04. The average Bonchev–Trinajstić information content (AvgIpc) is 3.38. The monoisotopic (exact) mass is 408 g/mol. The highest BCUT2D eigenvalue weighted by atomic mass is 32.2. The summed E-state index contributed by atoms with van der Waals surface area (Å²) in [5.41, 5.74) is 0.757. The lowest BCUT2D eigenvalue weighted by Gasteiger charge is -2.10. The third-order valence-electron chi connectivity index (χ3n) is 4.20. The van der Waals surface area contributed by atoms with Gasteiger partial charge < -0.3 is 9.15 Å². The number of aromatic nitrogens is 2. The first-order chi connectivity index (χ1) is 14.0. The third-order valence-corrected chi connectivity index (χ3v) is 6.10. The molecular formula is C21H16N2O5S. The zero-order valence-corrected chi connectivity index (χ0v) is 16.2. The minimum absolute atomic E-state index is 0.0495. The summed E-state index contributed by atoms with van der Waals surface area (Å²) >= 11 is 0. The van der Waals surface area contributed by atoms with Crippen LogP contribution in [0.4, 0.5) is 0 Å². The normalized spacial score (nSPS) is 11.3. The maximum atomic E-state index is 13.3. The van der Waals surface area contributed by atoms with E-state index in [1.807, 2.05) is 6.07 Å². The molecule has 0 saturated carbocycles. The highest BCUT2D eigenvalue weighted by Gasteiger charge is 2.32. The summed E-state index contributed by atoms with van der Waals surface area (Å²) < 4.78 is 38.5. The molecule has 7 nitrogen and oxygen atoms in total. The number of aryl methyl sites for hydroxylation is 1. The van der Waals surface area contributed by atoms with Crippen LogP contribution < -0.4 is 4.74 Å². The average molecular weight is 408 g/mol. The zero-order chi connectivity index (χ0) is 20.4. The minimum atomic E-state index is -3.99. The van der Waals surface area contributed by atoms with Crippen molar-refractivity contribution >= 4 is 15.8 Å². The van der Waals surface area contributed by atoms with Crippen LogP contribution >= 0.6 is 0 Å². The maximum Gasteiger partial charge on any atom is 0.380 e. The van der Waals surface area contributed by atoms with Gasteiger partial charge in [0.1, 0.15) is 0 Å². The van der Waals surface area contributed by atoms with Gasteiger partial charge in [0.25, 0.3) is 0 Å². The van der Waals surface area contributed by atoms with Crippen molar-refractivity contribution in [1.82, 2.24) is 9.78 Å². The molecule has 0 amide bonds. The summed E-state index contributed by atoms with van der Waals surface area (Å²) in [5, 5.41) is 4.34. The molecule has 29 heavy (non-hydrogen) atoms. The Morgan fingerprint density at radius 2 is 1.62 bits per heavy atom. The van der Waals surface area contributed by atoms with Crippen LogP contribution in [0.1, 0.15) is 16.2 Å². The smallest absolute Gasteiger partial charge is 0.380 e. The second kappa shape index (κ2) is 7.40. The van der Waals surface area contributed by atoms with Gasteiger partial charge in [-0.3, -0.25) is 0 Å². The molecule has 0 spiro atoms. The predicted octanol–water partition coefficient (Wildman–Crippen LogP) is 3.83. The van der Waals surface area contributed by atoms with E-state index in [1.165, 1.54) is 35.2 Å². The highest BCUT2D eigenvalue weighted by Crippen LogP contribution is 2.34. The van der Waals surface area contributed by atoms with Crippen LogP contribution in [-0.4, -0.2) is 24.2 Å². The number of benzene rings is 2. The Morgan fingerprint density at radius 1 is 0.966 bits per heavy atom. The Balaban J connectivity index is 1.91. The van der Waals surface area contributed by atoms with Crippen molar-refractivity contribution < 1.29 is 22.4 Å². The Morgan fingerprint density at radius 3 is 2.24 bits per heavy atom. The Kier molecular flexibility index (Phi) is 4.77. The molecule has 0 aliphatic heterocycles. The fourth-order valence-electron chi connectivity index (χ4n) is 2.89. The molecule has 0 fully saturated rings. The molecule has 0 aliphatic rings. The number of para-hydroxylation sites is 1. The molecule has 0 aliphatic carbocycles. The standard InChI is InChI=1S/C21H16N2O5S/c1-15-19(29(25,26)17-11-6-3-7-12-17)20(28-21(24)18-13-8-14-27-18)23(22-15)16-9-4-2-5-10-16/h2-14H,1H3. The lowest BCUT2D eigenvalue weighted by molar-refractivity contribution is 0.0684. The van der Waals surface area contributed by atoms with E-state index in [0.717, 1.165) is 0 Å². The van der Waals surface area contributed by atoms with E-state index in [-0.39, 0.29) is 27.1 Å². The Labute approximate surface area is 167 Å². The van der Waals surface area contributed by atoms with Crippen molar-refractivity contribution in [2.45, 2.75) is 16.7 Å². The summed E-state index contributed by atoms with van der Waals surface area (Å²) in [7, 11) is -3.99. The number of rotatable bonds is 5. The van der Waals surface area contributed by atoms with Crippen molar-refractivity contribution in [3.05, 3.63) is 90.5 Å². The largest absolute Gasteiger partial charge is 0.457 e. The molecule has 0 bridgehead atoms. The first-order valence-corrected chi connectivity index (χ1v) is 10.2. The number of carbonyl (C=O) groups excluding carboxylic acids is 1. The summed E-state index contributed by atoms with van der Waals surface area (Å²) in [6.07, 6.45) is 1.33. The summed E-state index contributed by atoms with van der Waals surface area (Å²) in [4.78, 5) is 12.4. The van der Waals surface area contributed by atoms with Crippen molar-refractivity contribution in [2.75, 3.05) is 0 Å². The van der Waals surface area contributed by atoms with Crippen LogP contribution in [0.15, 0.2) is 93.3 Å². The molecule has 4 aromatic rings. The molecule has 0 N–H and O–H groups in total. The molecule has 2 aromatic heterocycles.